The van der Waals surface area contributed by atoms with Crippen molar-refractivity contribution < 1.29 is 19.8 Å². The summed E-state index contributed by atoms with van der Waals surface area (Å²) in [5.41, 5.74) is 0. The highest BCUT2D eigenvalue weighted by atomic mass is 32.2. The number of hydrogen-bond donors (Lipinski definition) is 3. The van der Waals surface area contributed by atoms with Crippen LogP contribution in [-0.4, -0.2) is 40.5 Å². The standard InChI is InChI=1S/C13H17NO4S/c15-11(13(17)18)6-8-14-12(16)7-9-19-10-4-2-1-3-5-10/h1-5,11,15H,6-9H2,(H,14,16)(H,17,18)/t11-/m0/s1. The Labute approximate surface area is 116 Å². The van der Waals surface area contributed by atoms with E-state index in [9.17, 15) is 9.59 Å². The normalized spacial score (nSPS) is 11.8. The fraction of sp³-hybridized carbons (Fsp3) is 0.385. The summed E-state index contributed by atoms with van der Waals surface area (Å²) in [6.07, 6.45) is -1.03. The Bertz CT molecular complexity index is 410. The van der Waals surface area contributed by atoms with Crippen LogP contribution in [0.2, 0.25) is 0 Å². The van der Waals surface area contributed by atoms with Crippen LogP contribution in [0.4, 0.5) is 0 Å². The van der Waals surface area contributed by atoms with E-state index in [4.69, 9.17) is 10.2 Å². The first-order valence-corrected chi connectivity index (χ1v) is 6.93. The van der Waals surface area contributed by atoms with Crippen LogP contribution in [-0.2, 0) is 9.59 Å². The molecule has 6 heteroatoms. The summed E-state index contributed by atoms with van der Waals surface area (Å²) < 4.78 is 0. The molecule has 0 aliphatic heterocycles. The number of rotatable bonds is 8. The number of carbonyl (C=O) groups excluding carboxylic acids is 1. The van der Waals surface area contributed by atoms with Crippen LogP contribution >= 0.6 is 11.8 Å². The van der Waals surface area contributed by atoms with Gasteiger partial charge in [0.05, 0.1) is 0 Å². The number of amides is 1. The molecule has 0 unspecified atom stereocenters. The van der Waals surface area contributed by atoms with Crippen molar-refractivity contribution in [3.05, 3.63) is 30.3 Å². The summed E-state index contributed by atoms with van der Waals surface area (Å²) in [5, 5.41) is 20.0. The van der Waals surface area contributed by atoms with Crippen LogP contribution in [0.1, 0.15) is 12.8 Å². The molecule has 0 aliphatic carbocycles. The Morgan fingerprint density at radius 1 is 1.26 bits per heavy atom. The van der Waals surface area contributed by atoms with Crippen molar-refractivity contribution in [1.82, 2.24) is 5.32 Å². The molecule has 0 radical (unpaired) electrons. The number of thioether (sulfide) groups is 1. The molecule has 0 aromatic heterocycles. The van der Waals surface area contributed by atoms with E-state index in [1.165, 1.54) is 0 Å². The molecule has 104 valence electrons. The first kappa shape index (κ1) is 15.5. The van der Waals surface area contributed by atoms with Crippen molar-refractivity contribution in [2.75, 3.05) is 12.3 Å². The van der Waals surface area contributed by atoms with Gasteiger partial charge in [-0.25, -0.2) is 4.79 Å². The van der Waals surface area contributed by atoms with Crippen LogP contribution in [0.3, 0.4) is 0 Å². The second-order valence-electron chi connectivity index (χ2n) is 3.90. The molecule has 0 spiro atoms. The monoisotopic (exact) mass is 283 g/mol. The van der Waals surface area contributed by atoms with Crippen molar-refractivity contribution in [2.45, 2.75) is 23.8 Å². The smallest absolute Gasteiger partial charge is 0.332 e. The van der Waals surface area contributed by atoms with Crippen LogP contribution in [0.5, 0.6) is 0 Å². The first-order valence-electron chi connectivity index (χ1n) is 5.95. The third kappa shape index (κ3) is 6.83. The molecule has 0 fully saturated rings. The van der Waals surface area contributed by atoms with E-state index >= 15 is 0 Å². The second kappa shape index (κ2) is 8.55. The van der Waals surface area contributed by atoms with Gasteiger partial charge in [0.2, 0.25) is 5.91 Å². The minimum Gasteiger partial charge on any atom is -0.479 e. The first-order chi connectivity index (χ1) is 9.09. The maximum atomic E-state index is 11.4. The fourth-order valence-electron chi connectivity index (χ4n) is 1.34. The number of aliphatic hydroxyl groups is 1. The minimum absolute atomic E-state index is 0.0207. The molecule has 1 atom stereocenters. The molecule has 0 saturated heterocycles. The summed E-state index contributed by atoms with van der Waals surface area (Å²) in [5.74, 6) is -0.743. The molecular weight excluding hydrogens is 266 g/mol. The Kier molecular flexibility index (Phi) is 6.99. The van der Waals surface area contributed by atoms with Gasteiger partial charge in [-0.05, 0) is 12.1 Å². The van der Waals surface area contributed by atoms with Crippen LogP contribution < -0.4 is 5.32 Å². The van der Waals surface area contributed by atoms with Crippen LogP contribution in [0.25, 0.3) is 0 Å². The van der Waals surface area contributed by atoms with Gasteiger partial charge in [0, 0.05) is 30.0 Å². The van der Waals surface area contributed by atoms with Crippen molar-refractivity contribution in [2.24, 2.45) is 0 Å². The molecule has 1 aromatic rings. The van der Waals surface area contributed by atoms with Crippen molar-refractivity contribution in [1.29, 1.82) is 0 Å². The van der Waals surface area contributed by atoms with E-state index in [0.717, 1.165) is 4.90 Å². The fourth-order valence-corrected chi connectivity index (χ4v) is 2.21. The van der Waals surface area contributed by atoms with Gasteiger partial charge in [-0.2, -0.15) is 0 Å². The van der Waals surface area contributed by atoms with E-state index in [1.807, 2.05) is 30.3 Å². The summed E-state index contributed by atoms with van der Waals surface area (Å²) in [7, 11) is 0. The number of nitrogens with one attached hydrogen (secondary N) is 1. The molecule has 1 aromatic carbocycles. The second-order valence-corrected chi connectivity index (χ2v) is 5.07. The highest BCUT2D eigenvalue weighted by Crippen LogP contribution is 2.17. The summed E-state index contributed by atoms with van der Waals surface area (Å²) >= 11 is 1.59. The molecule has 19 heavy (non-hydrogen) atoms. The zero-order valence-corrected chi connectivity index (χ0v) is 11.2. The Morgan fingerprint density at radius 3 is 2.58 bits per heavy atom. The number of carboxylic acid groups (broad SMARTS) is 1. The van der Waals surface area contributed by atoms with E-state index in [2.05, 4.69) is 5.32 Å². The number of aliphatic carboxylic acids is 1. The quantitative estimate of drug-likeness (QED) is 0.622. The van der Waals surface area contributed by atoms with Gasteiger partial charge in [-0.1, -0.05) is 18.2 Å². The topological polar surface area (TPSA) is 86.6 Å². The molecular formula is C13H17NO4S. The SMILES string of the molecule is O=C(CCSc1ccccc1)NCC[C@H](O)C(=O)O. The van der Waals surface area contributed by atoms with E-state index in [1.54, 1.807) is 11.8 Å². The van der Waals surface area contributed by atoms with E-state index in [0.29, 0.717) is 12.2 Å². The maximum absolute atomic E-state index is 11.4. The molecule has 0 bridgehead atoms. The third-order valence-electron chi connectivity index (χ3n) is 2.37. The van der Waals surface area contributed by atoms with Gasteiger partial charge in [0.25, 0.3) is 0 Å². The van der Waals surface area contributed by atoms with Crippen LogP contribution in [0, 0.1) is 0 Å². The number of benzene rings is 1. The predicted octanol–water partition coefficient (Wildman–Crippen LogP) is 1.12. The van der Waals surface area contributed by atoms with E-state index in [-0.39, 0.29) is 18.9 Å². The average molecular weight is 283 g/mol. The number of hydrogen-bond acceptors (Lipinski definition) is 4. The number of carbonyl (C=O) groups is 2. The largest absolute Gasteiger partial charge is 0.479 e. The van der Waals surface area contributed by atoms with Crippen molar-refractivity contribution in [3.63, 3.8) is 0 Å². The average Bonchev–Trinajstić information content (AvgIpc) is 2.39. The predicted molar refractivity (Wildman–Crippen MR) is 73.1 cm³/mol. The highest BCUT2D eigenvalue weighted by molar-refractivity contribution is 7.99. The zero-order valence-electron chi connectivity index (χ0n) is 10.4. The lowest BCUT2D eigenvalue weighted by Gasteiger charge is -2.07. The molecule has 5 nitrogen and oxygen atoms in total. The zero-order chi connectivity index (χ0) is 14.1. The lowest BCUT2D eigenvalue weighted by atomic mass is 10.2. The Balaban J connectivity index is 2.10. The number of aliphatic hydroxyl groups excluding tert-OH is 1. The summed E-state index contributed by atoms with van der Waals surface area (Å²) in [6, 6.07) is 9.77. The number of carboxylic acids is 1. The van der Waals surface area contributed by atoms with Gasteiger partial charge >= 0.3 is 5.97 Å². The van der Waals surface area contributed by atoms with Gasteiger partial charge in [-0.15, -0.1) is 11.8 Å². The Hall–Kier alpha value is -1.53. The molecule has 0 saturated carbocycles. The van der Waals surface area contributed by atoms with Crippen molar-refractivity contribution >= 4 is 23.6 Å². The van der Waals surface area contributed by atoms with Gasteiger partial charge in [0.15, 0.2) is 6.10 Å². The van der Waals surface area contributed by atoms with Crippen molar-refractivity contribution in [3.8, 4) is 0 Å². The molecule has 3 N–H and O–H groups in total. The maximum Gasteiger partial charge on any atom is 0.332 e. The summed E-state index contributed by atoms with van der Waals surface area (Å²) in [6.45, 7) is 0.169. The molecule has 1 amide bonds. The third-order valence-corrected chi connectivity index (χ3v) is 3.38. The van der Waals surface area contributed by atoms with Gasteiger partial charge < -0.3 is 15.5 Å². The van der Waals surface area contributed by atoms with Crippen LogP contribution in [0.15, 0.2) is 35.2 Å². The molecule has 0 heterocycles. The Morgan fingerprint density at radius 2 is 1.95 bits per heavy atom. The summed E-state index contributed by atoms with van der Waals surface area (Å²) in [4.78, 5) is 22.9. The van der Waals surface area contributed by atoms with Gasteiger partial charge in [-0.3, -0.25) is 4.79 Å². The van der Waals surface area contributed by atoms with Gasteiger partial charge in [0.1, 0.15) is 0 Å². The molecule has 1 rings (SSSR count). The van der Waals surface area contributed by atoms with E-state index < -0.39 is 12.1 Å². The minimum atomic E-state index is -1.42. The highest BCUT2D eigenvalue weighted by Gasteiger charge is 2.12. The molecule has 0 aliphatic rings. The lowest BCUT2D eigenvalue weighted by molar-refractivity contribution is -0.147. The lowest BCUT2D eigenvalue weighted by Crippen LogP contribution is -2.30.